The first kappa shape index (κ1) is 19.7. The molecule has 1 aliphatic carbocycles. The monoisotopic (exact) mass is 416 g/mol. The topological polar surface area (TPSA) is 106 Å². The fraction of sp³-hybridized carbons (Fsp3) is 0.526. The second kappa shape index (κ2) is 8.40. The average molecular weight is 417 g/mol. The van der Waals surface area contributed by atoms with E-state index in [9.17, 15) is 14.9 Å². The molecule has 2 aliphatic rings. The normalized spacial score (nSPS) is 17.8. The number of amides is 1. The van der Waals surface area contributed by atoms with Gasteiger partial charge in [0.05, 0.1) is 10.2 Å². The van der Waals surface area contributed by atoms with Crippen molar-refractivity contribution in [3.8, 4) is 0 Å². The van der Waals surface area contributed by atoms with Gasteiger partial charge in [-0.3, -0.25) is 19.5 Å². The molecule has 2 heterocycles. The molecule has 29 heavy (non-hydrogen) atoms. The average Bonchev–Trinajstić information content (AvgIpc) is 3.48. The van der Waals surface area contributed by atoms with E-state index in [4.69, 9.17) is 0 Å². The number of carbonyl (C=O) groups is 1. The van der Waals surface area contributed by atoms with Gasteiger partial charge in [-0.2, -0.15) is 0 Å². The minimum atomic E-state index is -0.498. The number of anilines is 2. The molecule has 1 N–H and O–H groups in total. The quantitative estimate of drug-likeness (QED) is 0.417. The lowest BCUT2D eigenvalue weighted by molar-refractivity contribution is -0.383. The van der Waals surface area contributed by atoms with Crippen LogP contribution in [0.5, 0.6) is 0 Å². The molecule has 1 saturated carbocycles. The zero-order valence-corrected chi connectivity index (χ0v) is 17.1. The first-order valence-electron chi connectivity index (χ1n) is 9.95. The smallest absolute Gasteiger partial charge is 0.292 e. The molecule has 1 aliphatic heterocycles. The highest BCUT2D eigenvalue weighted by molar-refractivity contribution is 8.00. The first-order valence-corrected chi connectivity index (χ1v) is 10.8. The van der Waals surface area contributed by atoms with Crippen LogP contribution < -0.4 is 10.2 Å². The van der Waals surface area contributed by atoms with Gasteiger partial charge in [0, 0.05) is 25.2 Å². The van der Waals surface area contributed by atoms with Crippen LogP contribution in [0.1, 0.15) is 45.1 Å². The Hall–Kier alpha value is -2.62. The summed E-state index contributed by atoms with van der Waals surface area (Å²) < 4.78 is 2.17. The van der Waals surface area contributed by atoms with Gasteiger partial charge in [-0.25, -0.2) is 0 Å². The number of benzene rings is 1. The van der Waals surface area contributed by atoms with Crippen LogP contribution in [0.25, 0.3) is 0 Å². The Bertz CT molecular complexity index is 907. The summed E-state index contributed by atoms with van der Waals surface area (Å²) in [4.78, 5) is 25.6. The second-order valence-electron chi connectivity index (χ2n) is 7.46. The minimum absolute atomic E-state index is 0.119. The number of nitrogens with one attached hydrogen (secondary N) is 1. The van der Waals surface area contributed by atoms with Crippen LogP contribution in [0.3, 0.4) is 0 Å². The van der Waals surface area contributed by atoms with Gasteiger partial charge < -0.3 is 10.2 Å². The third-order valence-corrected chi connectivity index (χ3v) is 6.26. The van der Waals surface area contributed by atoms with Crippen molar-refractivity contribution >= 4 is 35.0 Å². The Morgan fingerprint density at radius 2 is 1.97 bits per heavy atom. The molecule has 1 aromatic heterocycles. The van der Waals surface area contributed by atoms with Crippen molar-refractivity contribution in [3.63, 3.8) is 0 Å². The van der Waals surface area contributed by atoms with Gasteiger partial charge in [-0.05, 0) is 45.1 Å². The number of thioether (sulfide) groups is 1. The van der Waals surface area contributed by atoms with Gasteiger partial charge >= 0.3 is 0 Å². The lowest BCUT2D eigenvalue weighted by Gasteiger charge is -2.28. The van der Waals surface area contributed by atoms with Crippen molar-refractivity contribution in [2.75, 3.05) is 23.3 Å². The highest BCUT2D eigenvalue weighted by Gasteiger charge is 2.33. The number of piperidine rings is 1. The van der Waals surface area contributed by atoms with Gasteiger partial charge in [0.25, 0.3) is 5.69 Å². The van der Waals surface area contributed by atoms with Crippen LogP contribution in [-0.2, 0) is 4.79 Å². The van der Waals surface area contributed by atoms with E-state index in [0.717, 1.165) is 49.9 Å². The van der Waals surface area contributed by atoms with E-state index in [1.54, 1.807) is 19.1 Å². The lowest BCUT2D eigenvalue weighted by atomic mass is 10.1. The number of nitro benzene ring substituents is 1. The summed E-state index contributed by atoms with van der Waals surface area (Å²) in [6, 6.07) is 6.55. The lowest BCUT2D eigenvalue weighted by Crippen LogP contribution is -2.32. The van der Waals surface area contributed by atoms with Crippen molar-refractivity contribution in [2.24, 2.45) is 0 Å². The molecule has 2 fully saturated rings. The first-order chi connectivity index (χ1) is 14.0. The highest BCUT2D eigenvalue weighted by Crippen LogP contribution is 2.42. The molecular weight excluding hydrogens is 392 g/mol. The minimum Gasteiger partial charge on any atom is -0.341 e. The molecule has 10 heteroatoms. The predicted octanol–water partition coefficient (Wildman–Crippen LogP) is 3.63. The predicted molar refractivity (Wildman–Crippen MR) is 111 cm³/mol. The van der Waals surface area contributed by atoms with E-state index in [-0.39, 0.29) is 17.3 Å². The van der Waals surface area contributed by atoms with Gasteiger partial charge in [0.15, 0.2) is 5.16 Å². The van der Waals surface area contributed by atoms with Gasteiger partial charge in [-0.15, -0.1) is 10.2 Å². The van der Waals surface area contributed by atoms with Crippen molar-refractivity contribution < 1.29 is 9.72 Å². The molecule has 0 spiro atoms. The summed E-state index contributed by atoms with van der Waals surface area (Å²) in [5.41, 5.74) is 0.0826. The molecule has 1 aromatic carbocycles. The SMILES string of the molecule is C[C@@H](Sc1nnc(N2CCCCC2)n1C1CC1)C(=O)Nc1ccccc1[N+](=O)[O-]. The zero-order valence-electron chi connectivity index (χ0n) is 16.3. The van der Waals surface area contributed by atoms with Crippen LogP contribution >= 0.6 is 11.8 Å². The number of hydrogen-bond acceptors (Lipinski definition) is 7. The number of rotatable bonds is 7. The maximum Gasteiger partial charge on any atom is 0.292 e. The molecule has 1 saturated heterocycles. The summed E-state index contributed by atoms with van der Waals surface area (Å²) in [6.07, 6.45) is 5.77. The Morgan fingerprint density at radius 3 is 2.66 bits per heavy atom. The summed E-state index contributed by atoms with van der Waals surface area (Å²) in [7, 11) is 0. The Labute approximate surface area is 173 Å². The number of hydrogen-bond donors (Lipinski definition) is 1. The van der Waals surface area contributed by atoms with Crippen molar-refractivity contribution in [2.45, 2.75) is 55.5 Å². The van der Waals surface area contributed by atoms with Gasteiger partial charge in [0.2, 0.25) is 11.9 Å². The number of aromatic nitrogens is 3. The molecule has 0 radical (unpaired) electrons. The van der Waals surface area contributed by atoms with Crippen molar-refractivity contribution in [3.05, 3.63) is 34.4 Å². The van der Waals surface area contributed by atoms with Gasteiger partial charge in [-0.1, -0.05) is 23.9 Å². The van der Waals surface area contributed by atoms with E-state index in [1.807, 2.05) is 0 Å². The molecule has 1 amide bonds. The van der Waals surface area contributed by atoms with E-state index >= 15 is 0 Å². The fourth-order valence-electron chi connectivity index (χ4n) is 3.50. The molecule has 4 rings (SSSR count). The van der Waals surface area contributed by atoms with Crippen LogP contribution in [0.2, 0.25) is 0 Å². The maximum absolute atomic E-state index is 12.7. The van der Waals surface area contributed by atoms with Crippen LogP contribution in [0.15, 0.2) is 29.4 Å². The number of carbonyl (C=O) groups excluding carboxylic acids is 1. The molecule has 1 atom stereocenters. The molecule has 9 nitrogen and oxygen atoms in total. The summed E-state index contributed by atoms with van der Waals surface area (Å²) in [5.74, 6) is 0.607. The number of nitro groups is 1. The van der Waals surface area contributed by atoms with Crippen molar-refractivity contribution in [1.29, 1.82) is 0 Å². The largest absolute Gasteiger partial charge is 0.341 e. The summed E-state index contributed by atoms with van der Waals surface area (Å²) in [5, 5.41) is 22.9. The van der Waals surface area contributed by atoms with Crippen LogP contribution in [0, 0.1) is 10.1 Å². The standard InChI is InChI=1S/C19H24N6O3S/c1-13(17(26)20-15-7-3-4-8-16(15)25(27)28)29-19-22-21-18(24(19)14-9-10-14)23-11-5-2-6-12-23/h3-4,7-8,13-14H,2,5-6,9-12H2,1H3,(H,20,26)/t13-/m1/s1. The highest BCUT2D eigenvalue weighted by atomic mass is 32.2. The summed E-state index contributed by atoms with van der Waals surface area (Å²) >= 11 is 1.35. The maximum atomic E-state index is 12.7. The number of nitrogens with zero attached hydrogens (tertiary/aromatic N) is 5. The number of para-hydroxylation sites is 2. The Kier molecular flexibility index (Phi) is 5.70. The zero-order chi connectivity index (χ0) is 20.4. The van der Waals surface area contributed by atoms with Crippen LogP contribution in [-0.4, -0.2) is 43.9 Å². The molecule has 154 valence electrons. The molecule has 0 unspecified atom stereocenters. The Morgan fingerprint density at radius 1 is 1.24 bits per heavy atom. The second-order valence-corrected chi connectivity index (χ2v) is 8.76. The van der Waals surface area contributed by atoms with Crippen LogP contribution in [0.4, 0.5) is 17.3 Å². The van der Waals surface area contributed by atoms with E-state index in [1.165, 1.54) is 30.3 Å². The van der Waals surface area contributed by atoms with E-state index in [2.05, 4.69) is 25.0 Å². The van der Waals surface area contributed by atoms with E-state index < -0.39 is 10.2 Å². The fourth-order valence-corrected chi connectivity index (χ4v) is 4.41. The molecular formula is C19H24N6O3S. The summed E-state index contributed by atoms with van der Waals surface area (Å²) in [6.45, 7) is 3.76. The molecule has 2 aromatic rings. The van der Waals surface area contributed by atoms with E-state index in [0.29, 0.717) is 6.04 Å². The van der Waals surface area contributed by atoms with Gasteiger partial charge in [0.1, 0.15) is 5.69 Å². The third kappa shape index (κ3) is 4.36. The molecule has 0 bridgehead atoms. The van der Waals surface area contributed by atoms with Crippen molar-refractivity contribution in [1.82, 2.24) is 14.8 Å². The third-order valence-electron chi connectivity index (χ3n) is 5.21. The Balaban J connectivity index is 1.48.